The van der Waals surface area contributed by atoms with Gasteiger partial charge in [0.1, 0.15) is 0 Å². The second-order valence-electron chi connectivity index (χ2n) is 10.4. The maximum atomic E-state index is 2.42. The third-order valence-electron chi connectivity index (χ3n) is 7.26. The molecule has 1 aliphatic carbocycles. The van der Waals surface area contributed by atoms with Gasteiger partial charge in [-0.2, -0.15) is 0 Å². The molecule has 2 aliphatic rings. The monoisotopic (exact) mass is 658 g/mol. The second kappa shape index (κ2) is 15.7. The molecule has 1 unspecified atom stereocenters. The van der Waals surface area contributed by atoms with Gasteiger partial charge < -0.3 is 29.7 Å². The summed E-state index contributed by atoms with van der Waals surface area (Å²) < 4.78 is 0. The van der Waals surface area contributed by atoms with E-state index in [-0.39, 0.29) is 59.4 Å². The van der Waals surface area contributed by atoms with Crippen LogP contribution in [0.25, 0.3) is 21.9 Å². The van der Waals surface area contributed by atoms with Gasteiger partial charge in [-0.25, -0.2) is 0 Å². The fraction of sp³-hybridized carbons (Fsp3) is 0.200. The molecule has 1 nitrogen and oxygen atoms in total. The number of hydrogen-bond acceptors (Lipinski definition) is 1. The maximum absolute atomic E-state index is 2.42. The van der Waals surface area contributed by atoms with Crippen molar-refractivity contribution in [3.05, 3.63) is 132 Å². The molecule has 40 heavy (non-hydrogen) atoms. The molecule has 1 aliphatic heterocycles. The molecule has 0 N–H and O–H groups in total. The van der Waals surface area contributed by atoms with E-state index in [9.17, 15) is 0 Å². The first-order valence-corrected chi connectivity index (χ1v) is 15.9. The Morgan fingerprint density at radius 1 is 0.900 bits per heavy atom. The molecule has 4 aromatic rings. The van der Waals surface area contributed by atoms with E-state index in [1.807, 2.05) is 0 Å². The van der Waals surface area contributed by atoms with E-state index in [0.29, 0.717) is 5.92 Å². The van der Waals surface area contributed by atoms with Crippen LogP contribution in [0, 0.1) is 0 Å². The second-order valence-corrected chi connectivity index (χ2v) is 12.8. The molecule has 6 rings (SSSR count). The summed E-state index contributed by atoms with van der Waals surface area (Å²) in [6.45, 7) is 10.2. The standard InChI is InChI=1S/C19H19.C16H17NSi.2ClH.Zr/c1-3-14(2)15-8-10-16(11-9-15)19-12-17-6-4-5-7-18(17)13-19;1-18(2)12-13-8-14-10-17(11-15(14)9-13)16-6-4-3-5-7-16;;;/h4-14H,3H2,1-2H3;3-10,12H,11H2,1-2H3;2*1H;/q-1;;;;+3/p-2. The van der Waals surface area contributed by atoms with Crippen molar-refractivity contribution in [2.45, 2.75) is 39.3 Å². The van der Waals surface area contributed by atoms with Crippen LogP contribution in [0.4, 0.5) is 5.69 Å². The van der Waals surface area contributed by atoms with Crippen molar-refractivity contribution < 1.29 is 51.0 Å². The van der Waals surface area contributed by atoms with Crippen molar-refractivity contribution >= 4 is 30.5 Å². The van der Waals surface area contributed by atoms with Gasteiger partial charge in [-0.3, -0.25) is 0 Å². The van der Waals surface area contributed by atoms with E-state index in [2.05, 4.69) is 147 Å². The predicted octanol–water partition coefficient (Wildman–Crippen LogP) is 3.14. The smallest absolute Gasteiger partial charge is 1.00 e. The van der Waals surface area contributed by atoms with Gasteiger partial charge >= 0.3 is 26.2 Å². The Balaban J connectivity index is 0.000000261. The SMILES string of the molecule is CCC(C)c1ccc(-c2cc3ccccc3[cH-]2)cc1.C[Si](C)=CC1=CC2=CN(c3ccccc3)CC2=C1.[Cl-].[Cl-].[Zr+3]. The van der Waals surface area contributed by atoms with Gasteiger partial charge in [-0.05, 0) is 58.9 Å². The minimum Gasteiger partial charge on any atom is -1.00 e. The van der Waals surface area contributed by atoms with Gasteiger partial charge in [-0.1, -0.05) is 98.8 Å². The number of anilines is 1. The summed E-state index contributed by atoms with van der Waals surface area (Å²) in [5.41, 5.74) is 12.0. The van der Waals surface area contributed by atoms with Crippen LogP contribution < -0.4 is 29.7 Å². The average Bonchev–Trinajstić information content (AvgIpc) is 3.62. The summed E-state index contributed by atoms with van der Waals surface area (Å²) >= 11 is 0. The normalized spacial score (nSPS) is 13.7. The summed E-state index contributed by atoms with van der Waals surface area (Å²) in [5, 5.41) is 2.65. The minimum atomic E-state index is -0.292. The zero-order chi connectivity index (χ0) is 25.8. The number of para-hydroxylation sites is 1. The zero-order valence-corrected chi connectivity index (χ0v) is 28.6. The third-order valence-corrected chi connectivity index (χ3v) is 8.17. The number of halogens is 2. The van der Waals surface area contributed by atoms with E-state index in [0.717, 1.165) is 6.54 Å². The number of hydrogen-bond donors (Lipinski definition) is 0. The van der Waals surface area contributed by atoms with Gasteiger partial charge in [0.15, 0.2) is 0 Å². The van der Waals surface area contributed by atoms with E-state index >= 15 is 0 Å². The molecule has 1 atom stereocenters. The summed E-state index contributed by atoms with van der Waals surface area (Å²) in [4.78, 5) is 2.32. The Labute approximate surface area is 273 Å². The van der Waals surface area contributed by atoms with Gasteiger partial charge in [0.05, 0.1) is 0 Å². The molecule has 0 amide bonds. The van der Waals surface area contributed by atoms with Crippen LogP contribution in [0.2, 0.25) is 13.1 Å². The quantitative estimate of drug-likeness (QED) is 0.235. The molecule has 1 heterocycles. The van der Waals surface area contributed by atoms with Crippen molar-refractivity contribution in [1.29, 1.82) is 0 Å². The van der Waals surface area contributed by atoms with Crippen molar-refractivity contribution in [1.82, 2.24) is 0 Å². The maximum Gasteiger partial charge on any atom is 3.00 e. The fourth-order valence-electron chi connectivity index (χ4n) is 5.01. The molecule has 0 aromatic heterocycles. The van der Waals surface area contributed by atoms with E-state index in [1.165, 1.54) is 56.3 Å². The third kappa shape index (κ3) is 8.20. The minimum absolute atomic E-state index is 0. The molecule has 0 spiro atoms. The van der Waals surface area contributed by atoms with Crippen LogP contribution in [-0.2, 0) is 26.2 Å². The summed E-state index contributed by atoms with van der Waals surface area (Å²) in [5.74, 6) is 0.646. The molecule has 0 fully saturated rings. The van der Waals surface area contributed by atoms with Gasteiger partial charge in [0.25, 0.3) is 0 Å². The van der Waals surface area contributed by atoms with Crippen LogP contribution in [0.3, 0.4) is 0 Å². The molecule has 5 heteroatoms. The van der Waals surface area contributed by atoms with Gasteiger partial charge in [0, 0.05) is 26.8 Å². The molecule has 0 bridgehead atoms. The number of fused-ring (bicyclic) bond motifs is 2. The molecule has 203 valence electrons. The molecule has 1 radical (unpaired) electrons. The number of benzene rings is 3. The van der Waals surface area contributed by atoms with E-state index < -0.39 is 0 Å². The molecular formula is C35H36Cl2NSiZr. The Morgan fingerprint density at radius 2 is 1.57 bits per heavy atom. The van der Waals surface area contributed by atoms with Crippen molar-refractivity contribution in [3.8, 4) is 11.1 Å². The van der Waals surface area contributed by atoms with Crippen molar-refractivity contribution in [3.63, 3.8) is 0 Å². The van der Waals surface area contributed by atoms with E-state index in [1.54, 1.807) is 0 Å². The zero-order valence-electron chi connectivity index (χ0n) is 23.7. The Hall–Kier alpha value is -2.16. The number of nitrogens with zero attached hydrogens (tertiary/aromatic N) is 1. The Kier molecular flexibility index (Phi) is 13.4. The molecule has 0 saturated carbocycles. The van der Waals surface area contributed by atoms with Gasteiger partial charge in [0.2, 0.25) is 0 Å². The largest absolute Gasteiger partial charge is 3.00 e. The van der Waals surface area contributed by atoms with Crippen LogP contribution in [-0.4, -0.2) is 20.6 Å². The first kappa shape index (κ1) is 34.0. The molecule has 0 saturated heterocycles. The fourth-order valence-corrected chi connectivity index (χ4v) is 5.84. The number of allylic oxidation sites excluding steroid dienone is 3. The average molecular weight is 661 g/mol. The first-order chi connectivity index (χ1) is 18.0. The van der Waals surface area contributed by atoms with E-state index in [4.69, 9.17) is 0 Å². The van der Waals surface area contributed by atoms with Crippen LogP contribution >= 0.6 is 0 Å². The number of rotatable bonds is 5. The van der Waals surface area contributed by atoms with Crippen molar-refractivity contribution in [2.75, 3.05) is 11.4 Å². The summed E-state index contributed by atoms with van der Waals surface area (Å²) in [6.07, 6.45) is 8.11. The topological polar surface area (TPSA) is 3.24 Å². The molecular weight excluding hydrogens is 625 g/mol. The Bertz CT molecular complexity index is 1480. The Morgan fingerprint density at radius 3 is 2.20 bits per heavy atom. The van der Waals surface area contributed by atoms with Gasteiger partial charge in [-0.15, -0.1) is 34.5 Å². The van der Waals surface area contributed by atoms with Crippen LogP contribution in [0.5, 0.6) is 0 Å². The van der Waals surface area contributed by atoms with Crippen molar-refractivity contribution in [2.24, 2.45) is 0 Å². The predicted molar refractivity (Wildman–Crippen MR) is 165 cm³/mol. The summed E-state index contributed by atoms with van der Waals surface area (Å²) in [6, 6.07) is 32.7. The van der Waals surface area contributed by atoms with Crippen LogP contribution in [0.1, 0.15) is 31.7 Å². The summed E-state index contributed by atoms with van der Waals surface area (Å²) in [7, 11) is -0.292. The van der Waals surface area contributed by atoms with Crippen LogP contribution in [0.15, 0.2) is 126 Å². The first-order valence-electron chi connectivity index (χ1n) is 13.4. The molecule has 4 aromatic carbocycles.